The van der Waals surface area contributed by atoms with Crippen molar-refractivity contribution in [2.24, 2.45) is 0 Å². The topological polar surface area (TPSA) is 119 Å². The number of ether oxygens (including phenoxy) is 2. The maximum absolute atomic E-state index is 12.5. The van der Waals surface area contributed by atoms with Crippen molar-refractivity contribution in [1.29, 1.82) is 0 Å². The molecule has 9 nitrogen and oxygen atoms in total. The number of carboxylic acid groups (broad SMARTS) is 1. The smallest absolute Gasteiger partial charge is 0.410 e. The van der Waals surface area contributed by atoms with E-state index in [4.69, 9.17) is 9.47 Å². The van der Waals surface area contributed by atoms with Crippen molar-refractivity contribution in [2.45, 2.75) is 30.1 Å². The van der Waals surface area contributed by atoms with Crippen LogP contribution in [0.3, 0.4) is 0 Å². The van der Waals surface area contributed by atoms with Gasteiger partial charge in [0.15, 0.2) is 0 Å². The molecule has 1 amide bonds. The first-order chi connectivity index (χ1) is 14.9. The Morgan fingerprint density at radius 2 is 1.81 bits per heavy atom. The Bertz CT molecular complexity index is 934. The molecule has 1 aliphatic heterocycles. The Hall–Kier alpha value is -3.27. The minimum absolute atomic E-state index is 0.0323. The van der Waals surface area contributed by atoms with Crippen molar-refractivity contribution in [3.05, 3.63) is 69.8 Å². The van der Waals surface area contributed by atoms with Crippen LogP contribution < -0.4 is 4.74 Å². The van der Waals surface area contributed by atoms with Gasteiger partial charge in [-0.15, -0.1) is 0 Å². The third-order valence-electron chi connectivity index (χ3n) is 4.94. The van der Waals surface area contributed by atoms with Crippen LogP contribution in [0.1, 0.15) is 17.5 Å². The maximum Gasteiger partial charge on any atom is 0.410 e. The second-order valence-corrected chi connectivity index (χ2v) is 8.29. The summed E-state index contributed by atoms with van der Waals surface area (Å²) in [5.41, 5.74) is 1.60. The van der Waals surface area contributed by atoms with Gasteiger partial charge in [0.25, 0.3) is 5.69 Å². The third-order valence-corrected chi connectivity index (χ3v) is 6.25. The second-order valence-electron chi connectivity index (χ2n) is 7.00. The minimum Gasteiger partial charge on any atom is -0.497 e. The third kappa shape index (κ3) is 5.88. The molecule has 3 rings (SSSR count). The summed E-state index contributed by atoms with van der Waals surface area (Å²) in [6.45, 7) is 0.181. The molecule has 1 heterocycles. The van der Waals surface area contributed by atoms with Crippen LogP contribution in [0.5, 0.6) is 5.75 Å². The highest BCUT2D eigenvalue weighted by Gasteiger charge is 2.40. The summed E-state index contributed by atoms with van der Waals surface area (Å²) in [4.78, 5) is 35.6. The van der Waals surface area contributed by atoms with Crippen LogP contribution >= 0.6 is 11.8 Å². The predicted octanol–water partition coefficient (Wildman–Crippen LogP) is 3.70. The maximum atomic E-state index is 12.5. The van der Waals surface area contributed by atoms with E-state index in [0.29, 0.717) is 17.7 Å². The van der Waals surface area contributed by atoms with E-state index in [9.17, 15) is 24.8 Å². The molecule has 2 aromatic carbocycles. The van der Waals surface area contributed by atoms with Gasteiger partial charge in [-0.3, -0.25) is 15.0 Å². The Balaban J connectivity index is 1.55. The first-order valence-corrected chi connectivity index (χ1v) is 10.6. The number of nitro groups is 1. The monoisotopic (exact) mass is 446 g/mol. The number of carbonyl (C=O) groups is 2. The fourth-order valence-corrected chi connectivity index (χ4v) is 4.44. The Kier molecular flexibility index (Phi) is 7.35. The number of nitro benzene ring substituents is 1. The van der Waals surface area contributed by atoms with Gasteiger partial charge in [0, 0.05) is 29.7 Å². The van der Waals surface area contributed by atoms with Gasteiger partial charge in [0.2, 0.25) is 0 Å². The van der Waals surface area contributed by atoms with Crippen LogP contribution in [-0.4, -0.2) is 51.9 Å². The number of non-ortho nitro benzene ring substituents is 1. The highest BCUT2D eigenvalue weighted by molar-refractivity contribution is 7.99. The molecule has 0 saturated carbocycles. The second kappa shape index (κ2) is 10.2. The van der Waals surface area contributed by atoms with Gasteiger partial charge in [0.05, 0.1) is 12.0 Å². The van der Waals surface area contributed by atoms with Crippen LogP contribution in [0.2, 0.25) is 0 Å². The van der Waals surface area contributed by atoms with Crippen LogP contribution in [-0.2, 0) is 21.9 Å². The van der Waals surface area contributed by atoms with E-state index in [1.54, 1.807) is 18.9 Å². The zero-order valence-corrected chi connectivity index (χ0v) is 17.6. The van der Waals surface area contributed by atoms with E-state index in [-0.39, 0.29) is 24.1 Å². The molecule has 1 saturated heterocycles. The average Bonchev–Trinajstić information content (AvgIpc) is 3.21. The van der Waals surface area contributed by atoms with Gasteiger partial charge < -0.3 is 14.6 Å². The molecule has 0 spiro atoms. The van der Waals surface area contributed by atoms with Gasteiger partial charge in [-0.25, -0.2) is 9.59 Å². The van der Waals surface area contributed by atoms with Crippen molar-refractivity contribution >= 4 is 29.5 Å². The van der Waals surface area contributed by atoms with E-state index in [2.05, 4.69) is 0 Å². The summed E-state index contributed by atoms with van der Waals surface area (Å²) in [5.74, 6) is 0.384. The lowest BCUT2D eigenvalue weighted by Crippen LogP contribution is -2.40. The van der Waals surface area contributed by atoms with Crippen molar-refractivity contribution in [2.75, 3.05) is 13.7 Å². The summed E-state index contributed by atoms with van der Waals surface area (Å²) in [7, 11) is 1.60. The van der Waals surface area contributed by atoms with E-state index in [1.807, 2.05) is 24.3 Å². The first kappa shape index (κ1) is 22.4. The van der Waals surface area contributed by atoms with E-state index >= 15 is 0 Å². The van der Waals surface area contributed by atoms with Gasteiger partial charge >= 0.3 is 12.1 Å². The van der Waals surface area contributed by atoms with E-state index in [1.165, 1.54) is 29.2 Å². The molecule has 0 unspecified atom stereocenters. The lowest BCUT2D eigenvalue weighted by atomic mass is 10.2. The highest BCUT2D eigenvalue weighted by atomic mass is 32.2. The number of rotatable bonds is 8. The van der Waals surface area contributed by atoms with Crippen molar-refractivity contribution in [3.8, 4) is 5.75 Å². The van der Waals surface area contributed by atoms with E-state index in [0.717, 1.165) is 11.3 Å². The average molecular weight is 446 g/mol. The molecule has 2 atom stereocenters. The number of hydrogen-bond donors (Lipinski definition) is 1. The van der Waals surface area contributed by atoms with Crippen molar-refractivity contribution in [3.63, 3.8) is 0 Å². The normalized spacial score (nSPS) is 17.9. The largest absolute Gasteiger partial charge is 0.497 e. The number of methoxy groups -OCH3 is 1. The molecule has 0 aromatic heterocycles. The lowest BCUT2D eigenvalue weighted by Gasteiger charge is -2.20. The zero-order valence-electron chi connectivity index (χ0n) is 16.8. The van der Waals surface area contributed by atoms with Gasteiger partial charge in [0.1, 0.15) is 18.4 Å². The van der Waals surface area contributed by atoms with Gasteiger partial charge in [-0.05, 0) is 41.8 Å². The fraction of sp³-hybridized carbons (Fsp3) is 0.333. The van der Waals surface area contributed by atoms with E-state index < -0.39 is 23.0 Å². The Morgan fingerprint density at radius 1 is 1.16 bits per heavy atom. The standard InChI is InChI=1S/C21H22N2O7S/c1-29-17-8-4-15(5-9-17)13-31-18-10-19(20(24)25)22(11-18)21(26)30-12-14-2-6-16(7-3-14)23(27)28/h2-9,18-19H,10-13H2,1H3,(H,24,25)/t18-,19-/m0/s1. The molecular weight excluding hydrogens is 424 g/mol. The predicted molar refractivity (Wildman–Crippen MR) is 114 cm³/mol. The van der Waals surface area contributed by atoms with Crippen LogP contribution in [0.25, 0.3) is 0 Å². The van der Waals surface area contributed by atoms with Crippen molar-refractivity contribution < 1.29 is 29.1 Å². The Labute approximate surface area is 183 Å². The number of aliphatic carboxylic acids is 1. The minimum atomic E-state index is -1.07. The molecule has 10 heteroatoms. The molecule has 164 valence electrons. The van der Waals surface area contributed by atoms with Crippen LogP contribution in [0, 0.1) is 10.1 Å². The quantitative estimate of drug-likeness (QED) is 0.482. The molecule has 0 bridgehead atoms. The molecule has 31 heavy (non-hydrogen) atoms. The molecule has 0 aliphatic carbocycles. The summed E-state index contributed by atoms with van der Waals surface area (Å²) in [5, 5.41) is 20.2. The Morgan fingerprint density at radius 3 is 2.39 bits per heavy atom. The number of carboxylic acids is 1. The number of nitrogens with zero attached hydrogens (tertiary/aromatic N) is 2. The number of benzene rings is 2. The fourth-order valence-electron chi connectivity index (χ4n) is 3.23. The number of carbonyl (C=O) groups excluding carboxylic acids is 1. The molecular formula is C21H22N2O7S. The number of thioether (sulfide) groups is 1. The van der Waals surface area contributed by atoms with Gasteiger partial charge in [-0.2, -0.15) is 11.8 Å². The molecule has 1 N–H and O–H groups in total. The van der Waals surface area contributed by atoms with Crippen LogP contribution in [0.4, 0.5) is 10.5 Å². The number of hydrogen-bond acceptors (Lipinski definition) is 7. The zero-order chi connectivity index (χ0) is 22.4. The summed E-state index contributed by atoms with van der Waals surface area (Å²) < 4.78 is 10.4. The lowest BCUT2D eigenvalue weighted by molar-refractivity contribution is -0.384. The summed E-state index contributed by atoms with van der Waals surface area (Å²) in [6.07, 6.45) is -0.374. The number of amides is 1. The summed E-state index contributed by atoms with van der Waals surface area (Å²) in [6, 6.07) is 12.3. The molecule has 2 aromatic rings. The van der Waals surface area contributed by atoms with Crippen molar-refractivity contribution in [1.82, 2.24) is 4.90 Å². The summed E-state index contributed by atoms with van der Waals surface area (Å²) >= 11 is 1.59. The van der Waals surface area contributed by atoms with Crippen LogP contribution in [0.15, 0.2) is 48.5 Å². The molecule has 1 aliphatic rings. The molecule has 0 radical (unpaired) electrons. The van der Waals surface area contributed by atoms with Gasteiger partial charge in [-0.1, -0.05) is 12.1 Å². The highest BCUT2D eigenvalue weighted by Crippen LogP contribution is 2.31. The first-order valence-electron chi connectivity index (χ1n) is 9.51. The number of likely N-dealkylation sites (tertiary alicyclic amines) is 1. The molecule has 1 fully saturated rings. The SMILES string of the molecule is COc1ccc(CS[C@H]2C[C@@H](C(=O)O)N(C(=O)OCc3ccc([N+](=O)[O-])cc3)C2)cc1.